The van der Waals surface area contributed by atoms with Gasteiger partial charge >= 0.3 is 0 Å². The fraction of sp³-hybridized carbons (Fsp3) is 0.0526. The lowest BCUT2D eigenvalue weighted by Crippen LogP contribution is -2.17. The van der Waals surface area contributed by atoms with Gasteiger partial charge in [0.05, 0.1) is 28.7 Å². The van der Waals surface area contributed by atoms with Crippen LogP contribution in [0.15, 0.2) is 72.0 Å². The highest BCUT2D eigenvalue weighted by Crippen LogP contribution is 2.22. The first kappa shape index (κ1) is 15.8. The number of para-hydroxylation sites is 1. The fourth-order valence-electron chi connectivity index (χ4n) is 2.78. The molecule has 0 atom stereocenters. The van der Waals surface area contributed by atoms with Crippen LogP contribution in [0, 0.1) is 0 Å². The van der Waals surface area contributed by atoms with Crippen molar-refractivity contribution in [1.82, 2.24) is 19.3 Å². The number of carbonyl (C=O) groups excluding carboxylic acids is 1. The molecule has 0 aliphatic carbocycles. The van der Waals surface area contributed by atoms with E-state index in [4.69, 9.17) is 0 Å². The van der Waals surface area contributed by atoms with Crippen molar-refractivity contribution in [2.45, 2.75) is 0 Å². The summed E-state index contributed by atoms with van der Waals surface area (Å²) in [5.74, 6) is -0.350. The van der Waals surface area contributed by atoms with E-state index in [9.17, 15) is 9.59 Å². The summed E-state index contributed by atoms with van der Waals surface area (Å²) in [6.07, 6.45) is 6.50. The molecule has 4 rings (SSSR count). The molecule has 0 radical (unpaired) electrons. The number of amides is 1. The molecule has 0 saturated carbocycles. The molecule has 1 amide bonds. The molecule has 7 heteroatoms. The Labute approximate surface area is 148 Å². The standard InChI is InChI=1S/C19H15N5O2/c1-23-11-15(18(25)21-13-6-5-9-20-10-13)17-16(12-23)19(26)24(22-17)14-7-3-2-4-8-14/h2-12H,1H3,(H,21,25). The fourth-order valence-corrected chi connectivity index (χ4v) is 2.78. The molecule has 0 saturated heterocycles. The molecule has 1 aromatic heterocycles. The maximum absolute atomic E-state index is 12.8. The van der Waals surface area contributed by atoms with Gasteiger partial charge < -0.3 is 9.88 Å². The Morgan fingerprint density at radius 3 is 2.62 bits per heavy atom. The second kappa shape index (κ2) is 6.29. The second-order valence-electron chi connectivity index (χ2n) is 5.85. The van der Waals surface area contributed by atoms with Gasteiger partial charge in [-0.05, 0) is 24.3 Å². The van der Waals surface area contributed by atoms with Crippen LogP contribution in [-0.4, -0.2) is 25.2 Å². The molecule has 0 fully saturated rings. The molecule has 7 nitrogen and oxygen atoms in total. The van der Waals surface area contributed by atoms with Crippen molar-refractivity contribution in [3.63, 3.8) is 0 Å². The molecule has 1 aromatic carbocycles. The van der Waals surface area contributed by atoms with Gasteiger partial charge in [-0.25, -0.2) is 0 Å². The van der Waals surface area contributed by atoms with Gasteiger partial charge in [-0.1, -0.05) is 18.2 Å². The number of nitrogens with one attached hydrogen (secondary N) is 1. The smallest absolute Gasteiger partial charge is 0.282 e. The summed E-state index contributed by atoms with van der Waals surface area (Å²) in [4.78, 5) is 29.5. The summed E-state index contributed by atoms with van der Waals surface area (Å²) in [5.41, 5.74) is 2.02. The van der Waals surface area contributed by atoms with Crippen molar-refractivity contribution < 1.29 is 4.79 Å². The van der Waals surface area contributed by atoms with E-state index in [0.29, 0.717) is 28.2 Å². The molecule has 2 aliphatic heterocycles. The zero-order valence-corrected chi connectivity index (χ0v) is 14.0. The molecule has 1 N–H and O–H groups in total. The van der Waals surface area contributed by atoms with Crippen molar-refractivity contribution in [3.8, 4) is 16.9 Å². The first-order valence-electron chi connectivity index (χ1n) is 7.99. The van der Waals surface area contributed by atoms with Crippen LogP contribution in [-0.2, 0) is 7.05 Å². The van der Waals surface area contributed by atoms with E-state index in [2.05, 4.69) is 15.4 Å². The first-order chi connectivity index (χ1) is 12.6. The van der Waals surface area contributed by atoms with E-state index in [1.165, 1.54) is 4.68 Å². The zero-order valence-electron chi connectivity index (χ0n) is 14.0. The zero-order chi connectivity index (χ0) is 18.1. The summed E-state index contributed by atoms with van der Waals surface area (Å²) >= 11 is 0. The number of rotatable bonds is 3. The normalized spacial score (nSPS) is 10.8. The van der Waals surface area contributed by atoms with Crippen molar-refractivity contribution in [1.29, 1.82) is 0 Å². The highest BCUT2D eigenvalue weighted by Gasteiger charge is 2.24. The Bertz CT molecular complexity index is 1100. The number of carbonyl (C=O) groups is 1. The van der Waals surface area contributed by atoms with E-state index >= 15 is 0 Å². The van der Waals surface area contributed by atoms with Gasteiger partial charge in [-0.2, -0.15) is 9.78 Å². The predicted molar refractivity (Wildman–Crippen MR) is 97.6 cm³/mol. The van der Waals surface area contributed by atoms with Gasteiger partial charge in [0.15, 0.2) is 0 Å². The minimum absolute atomic E-state index is 0.266. The van der Waals surface area contributed by atoms with Crippen LogP contribution < -0.4 is 10.9 Å². The lowest BCUT2D eigenvalue weighted by Gasteiger charge is -2.09. The Morgan fingerprint density at radius 2 is 1.88 bits per heavy atom. The van der Waals surface area contributed by atoms with Crippen molar-refractivity contribution in [3.05, 3.63) is 83.2 Å². The Balaban J connectivity index is 1.83. The Kier molecular flexibility index (Phi) is 3.81. The largest absolute Gasteiger partial charge is 0.356 e. The number of hydrogen-bond donors (Lipinski definition) is 1. The van der Waals surface area contributed by atoms with Gasteiger partial charge in [0, 0.05) is 25.6 Å². The third kappa shape index (κ3) is 2.75. The van der Waals surface area contributed by atoms with Crippen LogP contribution in [0.5, 0.6) is 0 Å². The van der Waals surface area contributed by atoms with E-state index < -0.39 is 0 Å². The lowest BCUT2D eigenvalue weighted by molar-refractivity contribution is 0.102. The minimum atomic E-state index is -0.350. The van der Waals surface area contributed by atoms with E-state index in [-0.39, 0.29) is 11.5 Å². The Morgan fingerprint density at radius 1 is 1.08 bits per heavy atom. The number of hydrogen-bond acceptors (Lipinski definition) is 4. The first-order valence-corrected chi connectivity index (χ1v) is 7.99. The maximum Gasteiger partial charge on any atom is 0.282 e. The van der Waals surface area contributed by atoms with Crippen LogP contribution in [0.3, 0.4) is 0 Å². The van der Waals surface area contributed by atoms with Crippen LogP contribution in [0.2, 0.25) is 0 Å². The molecule has 128 valence electrons. The van der Waals surface area contributed by atoms with Gasteiger partial charge in [0.25, 0.3) is 11.5 Å². The quantitative estimate of drug-likeness (QED) is 0.618. The molecular weight excluding hydrogens is 330 g/mol. The highest BCUT2D eigenvalue weighted by atomic mass is 16.2. The number of anilines is 1. The summed E-state index contributed by atoms with van der Waals surface area (Å²) in [6, 6.07) is 12.6. The number of aromatic nitrogens is 4. The van der Waals surface area contributed by atoms with Gasteiger partial charge in [0.2, 0.25) is 0 Å². The number of pyridine rings is 2. The molecule has 3 heterocycles. The van der Waals surface area contributed by atoms with Crippen molar-refractivity contribution in [2.75, 3.05) is 5.32 Å². The molecule has 2 aliphatic rings. The van der Waals surface area contributed by atoms with Gasteiger partial charge in [-0.15, -0.1) is 0 Å². The predicted octanol–water partition coefficient (Wildman–Crippen LogP) is 2.32. The summed E-state index contributed by atoms with van der Waals surface area (Å²) in [7, 11) is 1.76. The summed E-state index contributed by atoms with van der Waals surface area (Å²) in [5, 5.41) is 7.18. The van der Waals surface area contributed by atoms with E-state index in [0.717, 1.165) is 0 Å². The van der Waals surface area contributed by atoms with E-state index in [1.54, 1.807) is 60.7 Å². The Hall–Kier alpha value is -3.74. The van der Waals surface area contributed by atoms with Crippen molar-refractivity contribution in [2.24, 2.45) is 7.05 Å². The number of nitrogens with zero attached hydrogens (tertiary/aromatic N) is 4. The molecule has 0 bridgehead atoms. The molecule has 0 spiro atoms. The monoisotopic (exact) mass is 345 g/mol. The summed E-state index contributed by atoms with van der Waals surface area (Å²) < 4.78 is 2.99. The third-order valence-electron chi connectivity index (χ3n) is 3.96. The van der Waals surface area contributed by atoms with E-state index in [1.807, 2.05) is 18.2 Å². The number of aryl methyl sites for hydroxylation is 1. The maximum atomic E-state index is 12.8. The van der Waals surface area contributed by atoms with Crippen LogP contribution in [0.4, 0.5) is 5.69 Å². The van der Waals surface area contributed by atoms with Gasteiger partial charge in [-0.3, -0.25) is 14.6 Å². The molecule has 26 heavy (non-hydrogen) atoms. The SMILES string of the molecule is Cn1cc(C(=O)Nc2cccnc2)c2nn(-c3ccccc3)c(=O)c-2c1. The topological polar surface area (TPSA) is 81.8 Å². The molecule has 2 aromatic rings. The summed E-state index contributed by atoms with van der Waals surface area (Å²) in [6.45, 7) is 0. The molecule has 0 unspecified atom stereocenters. The van der Waals surface area contributed by atoms with Gasteiger partial charge in [0.1, 0.15) is 5.69 Å². The minimum Gasteiger partial charge on any atom is -0.356 e. The molecular formula is C19H15N5O2. The van der Waals surface area contributed by atoms with Crippen LogP contribution >= 0.6 is 0 Å². The third-order valence-corrected chi connectivity index (χ3v) is 3.96. The average molecular weight is 345 g/mol. The second-order valence-corrected chi connectivity index (χ2v) is 5.85. The number of fused-ring (bicyclic) bond motifs is 1. The van der Waals surface area contributed by atoms with Crippen LogP contribution in [0.25, 0.3) is 16.9 Å². The average Bonchev–Trinajstić information content (AvgIpc) is 2.99. The number of benzene rings is 1. The lowest BCUT2D eigenvalue weighted by atomic mass is 10.1. The van der Waals surface area contributed by atoms with Crippen LogP contribution in [0.1, 0.15) is 10.4 Å². The highest BCUT2D eigenvalue weighted by molar-refractivity contribution is 6.08. The van der Waals surface area contributed by atoms with Crippen molar-refractivity contribution >= 4 is 11.6 Å².